The predicted octanol–water partition coefficient (Wildman–Crippen LogP) is 4.53. The van der Waals surface area contributed by atoms with Crippen LogP contribution in [0.25, 0.3) is 6.08 Å². The Balaban J connectivity index is 2.01. The summed E-state index contributed by atoms with van der Waals surface area (Å²) >= 11 is 6.73. The second-order valence-electron chi connectivity index (χ2n) is 4.30. The minimum Gasteiger partial charge on any atom is -0.508 e. The van der Waals surface area contributed by atoms with Crippen molar-refractivity contribution in [3.63, 3.8) is 0 Å². The van der Waals surface area contributed by atoms with Crippen molar-refractivity contribution in [2.24, 2.45) is 0 Å². The molecule has 0 aliphatic carbocycles. The van der Waals surface area contributed by atoms with Crippen LogP contribution < -0.4 is 4.74 Å². The van der Waals surface area contributed by atoms with Crippen LogP contribution in [0.3, 0.4) is 0 Å². The molecule has 0 atom stereocenters. The van der Waals surface area contributed by atoms with Gasteiger partial charge in [0.25, 0.3) is 0 Å². The van der Waals surface area contributed by atoms with Gasteiger partial charge in [-0.3, -0.25) is 4.79 Å². The monoisotopic (exact) mass is 394 g/mol. The number of ketones is 1. The lowest BCUT2D eigenvalue weighted by molar-refractivity contribution is 0.101. The van der Waals surface area contributed by atoms with Crippen LogP contribution >= 0.6 is 31.9 Å². The first kappa shape index (κ1) is 13.4. The highest BCUT2D eigenvalue weighted by atomic mass is 79.9. The zero-order chi connectivity index (χ0) is 14.3. The first-order valence-electron chi connectivity index (χ1n) is 5.77. The third-order valence-corrected chi connectivity index (χ3v) is 3.93. The second kappa shape index (κ2) is 5.07. The van der Waals surface area contributed by atoms with Gasteiger partial charge in [0.05, 0.1) is 10.0 Å². The molecule has 20 heavy (non-hydrogen) atoms. The van der Waals surface area contributed by atoms with Gasteiger partial charge in [-0.2, -0.15) is 0 Å². The Hall–Kier alpha value is -1.59. The van der Waals surface area contributed by atoms with Crippen molar-refractivity contribution < 1.29 is 14.6 Å². The summed E-state index contributed by atoms with van der Waals surface area (Å²) in [6, 6.07) is 10.1. The Morgan fingerprint density at radius 3 is 2.50 bits per heavy atom. The number of hydrogen-bond acceptors (Lipinski definition) is 3. The number of carbonyl (C=O) groups is 1. The van der Waals surface area contributed by atoms with E-state index in [-0.39, 0.29) is 17.3 Å². The van der Waals surface area contributed by atoms with Crippen molar-refractivity contribution >= 4 is 43.7 Å². The van der Waals surface area contributed by atoms with E-state index < -0.39 is 0 Å². The van der Waals surface area contributed by atoms with Crippen molar-refractivity contribution in [1.29, 1.82) is 0 Å². The summed E-state index contributed by atoms with van der Waals surface area (Å²) in [4.78, 5) is 12.3. The van der Waals surface area contributed by atoms with E-state index in [0.29, 0.717) is 11.3 Å². The van der Waals surface area contributed by atoms with Gasteiger partial charge < -0.3 is 9.84 Å². The van der Waals surface area contributed by atoms with E-state index in [4.69, 9.17) is 4.74 Å². The van der Waals surface area contributed by atoms with E-state index in [0.717, 1.165) is 14.5 Å². The highest BCUT2D eigenvalue weighted by Crippen LogP contribution is 2.40. The van der Waals surface area contributed by atoms with Crippen LogP contribution in [0.2, 0.25) is 0 Å². The fourth-order valence-corrected chi connectivity index (χ4v) is 3.24. The summed E-state index contributed by atoms with van der Waals surface area (Å²) in [7, 11) is 0. The van der Waals surface area contributed by atoms with E-state index in [2.05, 4.69) is 31.9 Å². The molecule has 3 nitrogen and oxygen atoms in total. The summed E-state index contributed by atoms with van der Waals surface area (Å²) in [5.74, 6) is 0.823. The highest BCUT2D eigenvalue weighted by molar-refractivity contribution is 9.11. The molecule has 0 aromatic heterocycles. The predicted molar refractivity (Wildman–Crippen MR) is 82.9 cm³/mol. The van der Waals surface area contributed by atoms with Crippen molar-refractivity contribution in [3.8, 4) is 11.5 Å². The molecule has 0 saturated carbocycles. The van der Waals surface area contributed by atoms with Gasteiger partial charge >= 0.3 is 0 Å². The van der Waals surface area contributed by atoms with E-state index >= 15 is 0 Å². The van der Waals surface area contributed by atoms with E-state index in [1.165, 1.54) is 0 Å². The Morgan fingerprint density at radius 2 is 1.80 bits per heavy atom. The van der Waals surface area contributed by atoms with Crippen LogP contribution in [0.5, 0.6) is 11.5 Å². The molecule has 5 heteroatoms. The van der Waals surface area contributed by atoms with Crippen LogP contribution in [0.4, 0.5) is 0 Å². The maximum absolute atomic E-state index is 12.3. The van der Waals surface area contributed by atoms with Crippen LogP contribution in [0.15, 0.2) is 51.1 Å². The molecule has 0 bridgehead atoms. The lowest BCUT2D eigenvalue weighted by Gasteiger charge is -2.01. The molecule has 3 rings (SSSR count). The first-order chi connectivity index (χ1) is 9.54. The Bertz CT molecular complexity index is 734. The fourth-order valence-electron chi connectivity index (χ4n) is 1.94. The fraction of sp³-hybridized carbons (Fsp3) is 0. The lowest BCUT2D eigenvalue weighted by atomic mass is 10.1. The SMILES string of the molecule is O=C1/C(=C/c2ccc(O)cc2)Oc2c(Br)cc(Br)cc21. The maximum Gasteiger partial charge on any atom is 0.232 e. The minimum atomic E-state index is -0.157. The molecule has 0 amide bonds. The van der Waals surface area contributed by atoms with Gasteiger partial charge in [-0.05, 0) is 51.8 Å². The number of carbonyl (C=O) groups excluding carboxylic acids is 1. The molecule has 0 unspecified atom stereocenters. The normalized spacial score (nSPS) is 15.3. The number of aromatic hydroxyl groups is 1. The maximum atomic E-state index is 12.3. The number of Topliss-reactive ketones (excluding diaryl/α,β-unsaturated/α-hetero) is 1. The topological polar surface area (TPSA) is 46.5 Å². The number of ether oxygens (including phenoxy) is 1. The smallest absolute Gasteiger partial charge is 0.232 e. The Kier molecular flexibility index (Phi) is 3.40. The number of hydrogen-bond donors (Lipinski definition) is 1. The number of rotatable bonds is 1. The molecule has 100 valence electrons. The number of phenols is 1. The molecule has 1 heterocycles. The highest BCUT2D eigenvalue weighted by Gasteiger charge is 2.29. The average molecular weight is 396 g/mol. The number of benzene rings is 2. The van der Waals surface area contributed by atoms with E-state index in [1.54, 1.807) is 36.4 Å². The van der Waals surface area contributed by atoms with Crippen molar-refractivity contribution in [3.05, 3.63) is 62.2 Å². The van der Waals surface area contributed by atoms with Gasteiger partial charge in [-0.15, -0.1) is 0 Å². The van der Waals surface area contributed by atoms with Crippen LogP contribution in [0.1, 0.15) is 15.9 Å². The van der Waals surface area contributed by atoms with Crippen molar-refractivity contribution in [1.82, 2.24) is 0 Å². The zero-order valence-electron chi connectivity index (χ0n) is 10.1. The first-order valence-corrected chi connectivity index (χ1v) is 7.35. The summed E-state index contributed by atoms with van der Waals surface area (Å²) in [5.41, 5.74) is 1.31. The largest absolute Gasteiger partial charge is 0.508 e. The van der Waals surface area contributed by atoms with Crippen LogP contribution in [-0.4, -0.2) is 10.9 Å². The molecule has 0 saturated heterocycles. The molecule has 2 aromatic carbocycles. The van der Waals surface area contributed by atoms with Crippen molar-refractivity contribution in [2.75, 3.05) is 0 Å². The number of phenolic OH excluding ortho intramolecular Hbond substituents is 1. The molecule has 0 fully saturated rings. The molecule has 0 spiro atoms. The quantitative estimate of drug-likeness (QED) is 0.721. The van der Waals surface area contributed by atoms with Gasteiger partial charge in [-0.25, -0.2) is 0 Å². The molecule has 1 aliphatic rings. The third kappa shape index (κ3) is 2.39. The molecular weight excluding hydrogens is 388 g/mol. The van der Waals surface area contributed by atoms with Gasteiger partial charge in [0, 0.05) is 4.47 Å². The van der Waals surface area contributed by atoms with E-state index in [9.17, 15) is 9.90 Å². The number of allylic oxidation sites excluding steroid dienone is 1. The van der Waals surface area contributed by atoms with Gasteiger partial charge in [0.1, 0.15) is 5.75 Å². The molecule has 1 aliphatic heterocycles. The van der Waals surface area contributed by atoms with Crippen LogP contribution in [-0.2, 0) is 0 Å². The van der Waals surface area contributed by atoms with Gasteiger partial charge in [0.2, 0.25) is 5.78 Å². The van der Waals surface area contributed by atoms with E-state index in [1.807, 2.05) is 6.07 Å². The summed E-state index contributed by atoms with van der Waals surface area (Å²) in [6.07, 6.45) is 1.65. The third-order valence-electron chi connectivity index (χ3n) is 2.88. The summed E-state index contributed by atoms with van der Waals surface area (Å²) in [6.45, 7) is 0. The number of fused-ring (bicyclic) bond motifs is 1. The second-order valence-corrected chi connectivity index (χ2v) is 6.07. The van der Waals surface area contributed by atoms with Crippen LogP contribution in [0, 0.1) is 0 Å². The minimum absolute atomic E-state index is 0.157. The zero-order valence-corrected chi connectivity index (χ0v) is 13.2. The number of halogens is 2. The van der Waals surface area contributed by atoms with Crippen molar-refractivity contribution in [2.45, 2.75) is 0 Å². The molecule has 1 N–H and O–H groups in total. The van der Waals surface area contributed by atoms with Gasteiger partial charge in [0.15, 0.2) is 11.5 Å². The standard InChI is InChI=1S/C15H8Br2O3/c16-9-6-11-14(19)13(20-15(11)12(17)7-9)5-8-1-3-10(18)4-2-8/h1-7,18H/b13-5-. The molecule has 0 radical (unpaired) electrons. The Labute approximate surface area is 132 Å². The van der Waals surface area contributed by atoms with Gasteiger partial charge in [-0.1, -0.05) is 28.1 Å². The Morgan fingerprint density at radius 1 is 1.10 bits per heavy atom. The average Bonchev–Trinajstić information content (AvgIpc) is 2.71. The molecular formula is C15H8Br2O3. The summed E-state index contributed by atoms with van der Waals surface area (Å²) in [5, 5.41) is 9.25. The lowest BCUT2D eigenvalue weighted by Crippen LogP contribution is -1.97. The molecule has 2 aromatic rings. The summed E-state index contributed by atoms with van der Waals surface area (Å²) < 4.78 is 7.16.